The normalized spacial score (nSPS) is 17.3. The standard InChI is InChI=1S/C19H19N3OS/c23-19(15-10-18(24-13-15)16-11-20-21-12-16)22-8-4-7-17(22)9-14-5-2-1-3-6-14/h1-3,5-6,10-13,17H,4,7-9H2,(H,20,21). The lowest BCUT2D eigenvalue weighted by molar-refractivity contribution is 0.0737. The molecule has 0 radical (unpaired) electrons. The maximum Gasteiger partial charge on any atom is 0.254 e. The van der Waals surface area contributed by atoms with Crippen LogP contribution < -0.4 is 0 Å². The van der Waals surface area contributed by atoms with Gasteiger partial charge in [-0.05, 0) is 30.9 Å². The van der Waals surface area contributed by atoms with Gasteiger partial charge in [0.1, 0.15) is 0 Å². The fourth-order valence-electron chi connectivity index (χ4n) is 3.35. The van der Waals surface area contributed by atoms with Crippen molar-refractivity contribution in [2.24, 2.45) is 0 Å². The lowest BCUT2D eigenvalue weighted by Gasteiger charge is -2.24. The van der Waals surface area contributed by atoms with Crippen molar-refractivity contribution in [2.75, 3.05) is 6.54 Å². The first kappa shape index (κ1) is 15.1. The molecule has 24 heavy (non-hydrogen) atoms. The average Bonchev–Trinajstić information content (AvgIpc) is 3.36. The van der Waals surface area contributed by atoms with Gasteiger partial charge in [-0.2, -0.15) is 5.10 Å². The second-order valence-electron chi connectivity index (χ2n) is 6.17. The lowest BCUT2D eigenvalue weighted by Crippen LogP contribution is -2.36. The molecule has 1 amide bonds. The molecule has 1 aromatic carbocycles. The van der Waals surface area contributed by atoms with Crippen LogP contribution in [0.5, 0.6) is 0 Å². The van der Waals surface area contributed by atoms with Gasteiger partial charge in [0.05, 0.1) is 11.8 Å². The monoisotopic (exact) mass is 337 g/mol. The van der Waals surface area contributed by atoms with E-state index < -0.39 is 0 Å². The van der Waals surface area contributed by atoms with Gasteiger partial charge >= 0.3 is 0 Å². The number of H-pyrrole nitrogens is 1. The van der Waals surface area contributed by atoms with Gasteiger partial charge in [0, 0.05) is 34.6 Å². The maximum atomic E-state index is 12.9. The summed E-state index contributed by atoms with van der Waals surface area (Å²) in [6.07, 6.45) is 6.74. The minimum Gasteiger partial charge on any atom is -0.335 e. The molecule has 1 saturated heterocycles. The number of thiophene rings is 1. The Bertz CT molecular complexity index is 810. The fourth-order valence-corrected chi connectivity index (χ4v) is 4.22. The van der Waals surface area contributed by atoms with Crippen LogP contribution in [-0.2, 0) is 6.42 Å². The van der Waals surface area contributed by atoms with E-state index in [2.05, 4.69) is 34.5 Å². The summed E-state index contributed by atoms with van der Waals surface area (Å²) in [6.45, 7) is 0.854. The second kappa shape index (κ2) is 6.61. The number of likely N-dealkylation sites (tertiary alicyclic amines) is 1. The molecule has 3 heterocycles. The minimum absolute atomic E-state index is 0.152. The zero-order valence-electron chi connectivity index (χ0n) is 13.3. The van der Waals surface area contributed by atoms with E-state index in [9.17, 15) is 4.79 Å². The molecule has 1 aliphatic heterocycles. The third-order valence-electron chi connectivity index (χ3n) is 4.58. The average molecular weight is 337 g/mol. The SMILES string of the molecule is O=C(c1csc(-c2cn[nH]c2)c1)N1CCCC1Cc1ccccc1. The number of amides is 1. The van der Waals surface area contributed by atoms with Crippen LogP contribution in [0.15, 0.2) is 54.2 Å². The van der Waals surface area contributed by atoms with Gasteiger partial charge in [-0.3, -0.25) is 9.89 Å². The predicted octanol–water partition coefficient (Wildman–Crippen LogP) is 3.99. The van der Waals surface area contributed by atoms with E-state index in [0.717, 1.165) is 41.8 Å². The summed E-state index contributed by atoms with van der Waals surface area (Å²) in [5, 5.41) is 8.75. The zero-order valence-corrected chi connectivity index (χ0v) is 14.1. The summed E-state index contributed by atoms with van der Waals surface area (Å²) < 4.78 is 0. The number of aromatic amines is 1. The number of rotatable bonds is 4. The molecule has 1 fully saturated rings. The third-order valence-corrected chi connectivity index (χ3v) is 5.56. The van der Waals surface area contributed by atoms with Crippen molar-refractivity contribution in [1.29, 1.82) is 0 Å². The van der Waals surface area contributed by atoms with Crippen LogP contribution in [0.1, 0.15) is 28.8 Å². The Balaban J connectivity index is 1.51. The van der Waals surface area contributed by atoms with Gasteiger partial charge in [-0.1, -0.05) is 30.3 Å². The number of nitrogens with one attached hydrogen (secondary N) is 1. The van der Waals surface area contributed by atoms with E-state index in [-0.39, 0.29) is 5.91 Å². The highest BCUT2D eigenvalue weighted by atomic mass is 32.1. The van der Waals surface area contributed by atoms with Gasteiger partial charge in [0.2, 0.25) is 0 Å². The van der Waals surface area contributed by atoms with Crippen LogP contribution in [0, 0.1) is 0 Å². The molecule has 1 atom stereocenters. The van der Waals surface area contributed by atoms with Crippen LogP contribution in [0.3, 0.4) is 0 Å². The molecule has 3 aromatic rings. The molecule has 2 aromatic heterocycles. The Morgan fingerprint density at radius 2 is 2.21 bits per heavy atom. The van der Waals surface area contributed by atoms with Gasteiger partial charge < -0.3 is 4.90 Å². The van der Waals surface area contributed by atoms with Gasteiger partial charge in [-0.15, -0.1) is 11.3 Å². The quantitative estimate of drug-likeness (QED) is 0.783. The van der Waals surface area contributed by atoms with E-state index in [4.69, 9.17) is 0 Å². The Morgan fingerprint density at radius 1 is 1.33 bits per heavy atom. The van der Waals surface area contributed by atoms with E-state index in [1.54, 1.807) is 17.5 Å². The van der Waals surface area contributed by atoms with Crippen LogP contribution in [0.2, 0.25) is 0 Å². The van der Waals surface area contributed by atoms with Crippen LogP contribution in [0.4, 0.5) is 0 Å². The first-order valence-electron chi connectivity index (χ1n) is 8.24. The molecule has 5 heteroatoms. The van der Waals surface area contributed by atoms with Gasteiger partial charge in [-0.25, -0.2) is 0 Å². The molecule has 4 nitrogen and oxygen atoms in total. The number of hydrogen-bond acceptors (Lipinski definition) is 3. The molecule has 0 bridgehead atoms. The summed E-state index contributed by atoms with van der Waals surface area (Å²) in [5.41, 5.74) is 3.11. The van der Waals surface area contributed by atoms with E-state index in [1.165, 1.54) is 5.56 Å². The van der Waals surface area contributed by atoms with Gasteiger partial charge in [0.15, 0.2) is 0 Å². The predicted molar refractivity (Wildman–Crippen MR) is 96.1 cm³/mol. The minimum atomic E-state index is 0.152. The summed E-state index contributed by atoms with van der Waals surface area (Å²) in [5.74, 6) is 0.152. The van der Waals surface area contributed by atoms with E-state index in [0.29, 0.717) is 6.04 Å². The van der Waals surface area contributed by atoms with Crippen molar-refractivity contribution in [3.8, 4) is 10.4 Å². The zero-order chi connectivity index (χ0) is 16.4. The van der Waals surface area contributed by atoms with Crippen LogP contribution in [-0.4, -0.2) is 33.6 Å². The van der Waals surface area contributed by atoms with Gasteiger partial charge in [0.25, 0.3) is 5.91 Å². The molecule has 4 rings (SSSR count). The Labute approximate surface area is 145 Å². The number of nitrogens with zero attached hydrogens (tertiary/aromatic N) is 2. The molecule has 0 saturated carbocycles. The highest BCUT2D eigenvalue weighted by Gasteiger charge is 2.30. The van der Waals surface area contributed by atoms with Crippen molar-refractivity contribution in [3.63, 3.8) is 0 Å². The Morgan fingerprint density at radius 3 is 3.00 bits per heavy atom. The molecule has 122 valence electrons. The van der Waals surface area contributed by atoms with E-state index >= 15 is 0 Å². The molecular weight excluding hydrogens is 318 g/mol. The number of benzene rings is 1. The molecule has 1 aliphatic rings. The van der Waals surface area contributed by atoms with Crippen molar-refractivity contribution < 1.29 is 4.79 Å². The van der Waals surface area contributed by atoms with Crippen molar-refractivity contribution in [2.45, 2.75) is 25.3 Å². The third kappa shape index (κ3) is 2.99. The fraction of sp³-hybridized carbons (Fsp3) is 0.263. The molecule has 0 spiro atoms. The number of hydrogen-bond donors (Lipinski definition) is 1. The highest BCUT2D eigenvalue weighted by molar-refractivity contribution is 7.13. The summed E-state index contributed by atoms with van der Waals surface area (Å²) in [7, 11) is 0. The van der Waals surface area contributed by atoms with E-state index in [1.807, 2.05) is 28.6 Å². The first-order valence-corrected chi connectivity index (χ1v) is 9.12. The lowest BCUT2D eigenvalue weighted by atomic mass is 10.0. The summed E-state index contributed by atoms with van der Waals surface area (Å²) in [6, 6.07) is 12.7. The summed E-state index contributed by atoms with van der Waals surface area (Å²) >= 11 is 1.59. The summed E-state index contributed by atoms with van der Waals surface area (Å²) in [4.78, 5) is 16.1. The van der Waals surface area contributed by atoms with Crippen molar-refractivity contribution >= 4 is 17.2 Å². The second-order valence-corrected chi connectivity index (χ2v) is 7.08. The molecule has 1 unspecified atom stereocenters. The Kier molecular flexibility index (Phi) is 4.17. The Hall–Kier alpha value is -2.40. The van der Waals surface area contributed by atoms with Crippen molar-refractivity contribution in [1.82, 2.24) is 15.1 Å². The first-order chi connectivity index (χ1) is 11.8. The smallest absolute Gasteiger partial charge is 0.254 e. The molecule has 0 aliphatic carbocycles. The highest BCUT2D eigenvalue weighted by Crippen LogP contribution is 2.29. The number of carbonyl (C=O) groups excluding carboxylic acids is 1. The number of carbonyl (C=O) groups is 1. The largest absolute Gasteiger partial charge is 0.335 e. The topological polar surface area (TPSA) is 49.0 Å². The van der Waals surface area contributed by atoms with Crippen LogP contribution >= 0.6 is 11.3 Å². The maximum absolute atomic E-state index is 12.9. The van der Waals surface area contributed by atoms with Crippen LogP contribution in [0.25, 0.3) is 10.4 Å². The molecule has 1 N–H and O–H groups in total. The molecular formula is C19H19N3OS. The number of aromatic nitrogens is 2. The van der Waals surface area contributed by atoms with Crippen molar-refractivity contribution in [3.05, 3.63) is 65.3 Å².